The topological polar surface area (TPSA) is 46.5 Å². The predicted molar refractivity (Wildman–Crippen MR) is 48.5 cm³/mol. The van der Waals surface area contributed by atoms with Crippen LogP contribution in [0.15, 0.2) is 18.2 Å². The van der Waals surface area contributed by atoms with Gasteiger partial charge in [0.1, 0.15) is 5.82 Å². The summed E-state index contributed by atoms with van der Waals surface area (Å²) < 4.78 is 17.7. The van der Waals surface area contributed by atoms with Crippen LogP contribution in [0.3, 0.4) is 0 Å². The van der Waals surface area contributed by atoms with E-state index >= 15 is 0 Å². The maximum atomic E-state index is 12.8. The molecular weight excluding hydrogens is 187 g/mol. The van der Waals surface area contributed by atoms with E-state index in [-0.39, 0.29) is 18.8 Å². The number of carboxylic acid groups (broad SMARTS) is 1. The van der Waals surface area contributed by atoms with Gasteiger partial charge in [-0.3, -0.25) is 4.79 Å². The molecule has 1 rings (SSSR count). The van der Waals surface area contributed by atoms with E-state index in [0.717, 1.165) is 0 Å². The molecule has 0 saturated heterocycles. The third-order valence-electron chi connectivity index (χ3n) is 1.81. The van der Waals surface area contributed by atoms with Crippen LogP contribution in [0.2, 0.25) is 0 Å². The first kappa shape index (κ1) is 10.7. The Morgan fingerprint density at radius 1 is 1.50 bits per heavy atom. The largest absolute Gasteiger partial charge is 0.481 e. The Labute approximate surface area is 81.1 Å². The van der Waals surface area contributed by atoms with E-state index in [2.05, 4.69) is 0 Å². The fraction of sp³-hybridized carbons (Fsp3) is 0.300. The molecule has 3 nitrogen and oxygen atoms in total. The van der Waals surface area contributed by atoms with Gasteiger partial charge >= 0.3 is 5.97 Å². The average Bonchev–Trinajstić information content (AvgIpc) is 2.09. The molecule has 0 aliphatic heterocycles. The fourth-order valence-corrected chi connectivity index (χ4v) is 1.22. The molecule has 1 aromatic carbocycles. The molecule has 0 radical (unpaired) electrons. The van der Waals surface area contributed by atoms with E-state index in [1.807, 2.05) is 0 Å². The van der Waals surface area contributed by atoms with Gasteiger partial charge in [-0.05, 0) is 23.3 Å². The van der Waals surface area contributed by atoms with Crippen molar-refractivity contribution in [1.82, 2.24) is 0 Å². The third-order valence-corrected chi connectivity index (χ3v) is 1.81. The number of carbonyl (C=O) groups is 1. The lowest BCUT2D eigenvalue weighted by Crippen LogP contribution is -2.04. The highest BCUT2D eigenvalue weighted by Crippen LogP contribution is 2.13. The summed E-state index contributed by atoms with van der Waals surface area (Å²) >= 11 is 0. The number of benzene rings is 1. The van der Waals surface area contributed by atoms with Gasteiger partial charge in [0.15, 0.2) is 0 Å². The summed E-state index contributed by atoms with van der Waals surface area (Å²) in [7, 11) is 1.48. The molecule has 0 heterocycles. The molecule has 0 spiro atoms. The van der Waals surface area contributed by atoms with Crippen LogP contribution >= 0.6 is 0 Å². The molecule has 0 aliphatic carbocycles. The van der Waals surface area contributed by atoms with E-state index in [1.54, 1.807) is 0 Å². The molecule has 0 bridgehead atoms. The molecule has 76 valence electrons. The van der Waals surface area contributed by atoms with Crippen LogP contribution in [0.5, 0.6) is 0 Å². The van der Waals surface area contributed by atoms with Crippen molar-refractivity contribution in [2.75, 3.05) is 7.11 Å². The van der Waals surface area contributed by atoms with Gasteiger partial charge in [-0.15, -0.1) is 0 Å². The van der Waals surface area contributed by atoms with Crippen molar-refractivity contribution in [2.45, 2.75) is 13.0 Å². The van der Waals surface area contributed by atoms with Gasteiger partial charge in [0.25, 0.3) is 0 Å². The Hall–Kier alpha value is -1.42. The first-order valence-electron chi connectivity index (χ1n) is 4.11. The molecule has 14 heavy (non-hydrogen) atoms. The van der Waals surface area contributed by atoms with Gasteiger partial charge in [-0.2, -0.15) is 0 Å². The summed E-state index contributed by atoms with van der Waals surface area (Å²) in [5.74, 6) is -1.32. The number of hydrogen-bond donors (Lipinski definition) is 1. The number of aliphatic carboxylic acids is 1. The van der Waals surface area contributed by atoms with Crippen LogP contribution in [0.25, 0.3) is 0 Å². The summed E-state index contributed by atoms with van der Waals surface area (Å²) in [6.45, 7) is 0.223. The van der Waals surface area contributed by atoms with E-state index in [4.69, 9.17) is 9.84 Å². The maximum absolute atomic E-state index is 12.8. The van der Waals surface area contributed by atoms with Gasteiger partial charge in [0.2, 0.25) is 0 Å². The normalized spacial score (nSPS) is 10.1. The van der Waals surface area contributed by atoms with Crippen molar-refractivity contribution in [3.63, 3.8) is 0 Å². The highest BCUT2D eigenvalue weighted by atomic mass is 19.1. The Morgan fingerprint density at radius 2 is 2.21 bits per heavy atom. The van der Waals surface area contributed by atoms with Crippen LogP contribution in [0.4, 0.5) is 4.39 Å². The van der Waals surface area contributed by atoms with Gasteiger partial charge in [0.05, 0.1) is 13.0 Å². The SMILES string of the molecule is COCc1cc(F)ccc1CC(=O)O. The standard InChI is InChI=1S/C10H11FO3/c1-14-6-8-4-9(11)3-2-7(8)5-10(12)13/h2-4H,5-6H2,1H3,(H,12,13). The molecule has 0 amide bonds. The van der Waals surface area contributed by atoms with E-state index in [0.29, 0.717) is 11.1 Å². The third kappa shape index (κ3) is 2.81. The molecule has 0 aliphatic rings. The van der Waals surface area contributed by atoms with Crippen LogP contribution in [0, 0.1) is 5.82 Å². The second kappa shape index (κ2) is 4.72. The van der Waals surface area contributed by atoms with E-state index < -0.39 is 5.97 Å². The second-order valence-corrected chi connectivity index (χ2v) is 2.92. The molecule has 0 unspecified atom stereocenters. The summed E-state index contributed by atoms with van der Waals surface area (Å²) in [6.07, 6.45) is -0.112. The van der Waals surface area contributed by atoms with Crippen molar-refractivity contribution in [2.24, 2.45) is 0 Å². The zero-order valence-electron chi connectivity index (χ0n) is 7.79. The van der Waals surface area contributed by atoms with Crippen molar-refractivity contribution in [1.29, 1.82) is 0 Å². The second-order valence-electron chi connectivity index (χ2n) is 2.92. The molecule has 4 heteroatoms. The quantitative estimate of drug-likeness (QED) is 0.799. The number of halogens is 1. The first-order chi connectivity index (χ1) is 6.63. The zero-order valence-corrected chi connectivity index (χ0v) is 7.79. The molecule has 0 saturated carbocycles. The monoisotopic (exact) mass is 198 g/mol. The Balaban J connectivity index is 2.95. The lowest BCUT2D eigenvalue weighted by Gasteiger charge is -2.06. The van der Waals surface area contributed by atoms with Crippen LogP contribution in [-0.4, -0.2) is 18.2 Å². The summed E-state index contributed by atoms with van der Waals surface area (Å²) in [5, 5.41) is 8.59. The molecule has 1 aromatic rings. The lowest BCUT2D eigenvalue weighted by molar-refractivity contribution is -0.136. The summed E-state index contributed by atoms with van der Waals surface area (Å²) in [6, 6.07) is 4.01. The lowest BCUT2D eigenvalue weighted by atomic mass is 10.1. The minimum Gasteiger partial charge on any atom is -0.481 e. The Morgan fingerprint density at radius 3 is 2.79 bits per heavy atom. The Bertz CT molecular complexity index is 336. The summed E-state index contributed by atoms with van der Waals surface area (Å²) in [5.41, 5.74) is 1.16. The minimum atomic E-state index is -0.936. The van der Waals surface area contributed by atoms with Gasteiger partial charge < -0.3 is 9.84 Å². The van der Waals surface area contributed by atoms with Gasteiger partial charge in [0, 0.05) is 7.11 Å². The number of hydrogen-bond acceptors (Lipinski definition) is 2. The van der Waals surface area contributed by atoms with Gasteiger partial charge in [-0.1, -0.05) is 6.07 Å². The highest BCUT2D eigenvalue weighted by Gasteiger charge is 2.07. The van der Waals surface area contributed by atoms with Crippen LogP contribution in [0.1, 0.15) is 11.1 Å². The number of ether oxygens (including phenoxy) is 1. The predicted octanol–water partition coefficient (Wildman–Crippen LogP) is 1.60. The Kier molecular flexibility index (Phi) is 3.59. The smallest absolute Gasteiger partial charge is 0.307 e. The van der Waals surface area contributed by atoms with Crippen molar-refractivity contribution in [3.05, 3.63) is 35.1 Å². The maximum Gasteiger partial charge on any atom is 0.307 e. The number of carboxylic acids is 1. The molecule has 0 fully saturated rings. The highest BCUT2D eigenvalue weighted by molar-refractivity contribution is 5.70. The van der Waals surface area contributed by atoms with Crippen LogP contribution < -0.4 is 0 Å². The number of methoxy groups -OCH3 is 1. The molecular formula is C10H11FO3. The zero-order chi connectivity index (χ0) is 10.6. The minimum absolute atomic E-state index is 0.112. The summed E-state index contributed by atoms with van der Waals surface area (Å²) in [4.78, 5) is 10.5. The fourth-order valence-electron chi connectivity index (χ4n) is 1.22. The number of rotatable bonds is 4. The van der Waals surface area contributed by atoms with E-state index in [9.17, 15) is 9.18 Å². The van der Waals surface area contributed by atoms with Crippen LogP contribution in [-0.2, 0) is 22.6 Å². The molecule has 0 atom stereocenters. The average molecular weight is 198 g/mol. The molecule has 1 N–H and O–H groups in total. The van der Waals surface area contributed by atoms with Crippen molar-refractivity contribution >= 4 is 5.97 Å². The first-order valence-corrected chi connectivity index (χ1v) is 4.11. The van der Waals surface area contributed by atoms with E-state index in [1.165, 1.54) is 25.3 Å². The van der Waals surface area contributed by atoms with Crippen molar-refractivity contribution < 1.29 is 19.0 Å². The van der Waals surface area contributed by atoms with Gasteiger partial charge in [-0.25, -0.2) is 4.39 Å². The molecule has 0 aromatic heterocycles. The van der Waals surface area contributed by atoms with Crippen molar-refractivity contribution in [3.8, 4) is 0 Å².